The number of imidazole rings is 1. The number of rotatable bonds is 3. The van der Waals surface area contributed by atoms with Crippen LogP contribution in [0.25, 0.3) is 17.2 Å². The SMILES string of the molecule is CCOC(=O)C=Cc1cnc2nc[nH]c2c1. The van der Waals surface area contributed by atoms with Gasteiger partial charge < -0.3 is 9.72 Å². The molecule has 0 aliphatic rings. The van der Waals surface area contributed by atoms with Crippen molar-refractivity contribution in [2.24, 2.45) is 0 Å². The fourth-order valence-corrected chi connectivity index (χ4v) is 1.29. The lowest BCUT2D eigenvalue weighted by molar-refractivity contribution is -0.137. The monoisotopic (exact) mass is 217 g/mol. The Bertz CT molecular complexity index is 531. The van der Waals surface area contributed by atoms with Crippen LogP contribution in [-0.2, 0) is 9.53 Å². The van der Waals surface area contributed by atoms with E-state index in [9.17, 15) is 4.79 Å². The molecule has 2 rings (SSSR count). The van der Waals surface area contributed by atoms with Gasteiger partial charge in [-0.05, 0) is 24.6 Å². The van der Waals surface area contributed by atoms with Gasteiger partial charge in [0.15, 0.2) is 5.65 Å². The number of aromatic nitrogens is 3. The number of H-pyrrole nitrogens is 1. The first-order chi connectivity index (χ1) is 7.79. The van der Waals surface area contributed by atoms with Crippen LogP contribution >= 0.6 is 0 Å². The molecule has 1 N–H and O–H groups in total. The second kappa shape index (κ2) is 4.57. The van der Waals surface area contributed by atoms with Crippen molar-refractivity contribution in [3.8, 4) is 0 Å². The molecule has 82 valence electrons. The number of carbonyl (C=O) groups is 1. The largest absolute Gasteiger partial charge is 0.463 e. The highest BCUT2D eigenvalue weighted by molar-refractivity contribution is 5.87. The fourth-order valence-electron chi connectivity index (χ4n) is 1.29. The Morgan fingerprint density at radius 2 is 2.44 bits per heavy atom. The van der Waals surface area contributed by atoms with Gasteiger partial charge in [0.2, 0.25) is 0 Å². The van der Waals surface area contributed by atoms with Gasteiger partial charge in [0.05, 0.1) is 18.5 Å². The maximum absolute atomic E-state index is 11.1. The number of hydrogen-bond acceptors (Lipinski definition) is 4. The molecular weight excluding hydrogens is 206 g/mol. The number of ether oxygens (including phenoxy) is 1. The summed E-state index contributed by atoms with van der Waals surface area (Å²) in [7, 11) is 0. The Labute approximate surface area is 92.2 Å². The molecule has 5 heteroatoms. The molecule has 0 saturated heterocycles. The van der Waals surface area contributed by atoms with Gasteiger partial charge in [-0.25, -0.2) is 14.8 Å². The molecule has 0 radical (unpaired) electrons. The van der Waals surface area contributed by atoms with Crippen LogP contribution < -0.4 is 0 Å². The van der Waals surface area contributed by atoms with E-state index in [1.54, 1.807) is 25.5 Å². The minimum atomic E-state index is -0.354. The number of fused-ring (bicyclic) bond motifs is 1. The van der Waals surface area contributed by atoms with Gasteiger partial charge in [0.1, 0.15) is 0 Å². The Kier molecular flexibility index (Phi) is 2.95. The van der Waals surface area contributed by atoms with Gasteiger partial charge in [-0.3, -0.25) is 0 Å². The van der Waals surface area contributed by atoms with E-state index in [0.717, 1.165) is 11.1 Å². The van der Waals surface area contributed by atoms with Crippen LogP contribution in [0.1, 0.15) is 12.5 Å². The minimum absolute atomic E-state index is 0.354. The molecule has 2 aromatic heterocycles. The summed E-state index contributed by atoms with van der Waals surface area (Å²) in [4.78, 5) is 22.2. The number of aromatic amines is 1. The van der Waals surface area contributed by atoms with E-state index in [1.807, 2.05) is 6.07 Å². The lowest BCUT2D eigenvalue weighted by Crippen LogP contribution is -1.98. The second-order valence-electron chi connectivity index (χ2n) is 3.13. The van der Waals surface area contributed by atoms with E-state index in [2.05, 4.69) is 15.0 Å². The van der Waals surface area contributed by atoms with Crippen LogP contribution in [0.3, 0.4) is 0 Å². The molecule has 0 amide bonds. The summed E-state index contributed by atoms with van der Waals surface area (Å²) >= 11 is 0. The van der Waals surface area contributed by atoms with Crippen LogP contribution in [0, 0.1) is 0 Å². The molecule has 0 bridgehead atoms. The quantitative estimate of drug-likeness (QED) is 0.625. The molecule has 2 aromatic rings. The summed E-state index contributed by atoms with van der Waals surface area (Å²) < 4.78 is 4.77. The highest BCUT2D eigenvalue weighted by Crippen LogP contribution is 2.09. The summed E-state index contributed by atoms with van der Waals surface area (Å²) in [6.07, 6.45) is 6.27. The maximum Gasteiger partial charge on any atom is 0.330 e. The highest BCUT2D eigenvalue weighted by Gasteiger charge is 1.98. The van der Waals surface area contributed by atoms with E-state index in [1.165, 1.54) is 6.08 Å². The third-order valence-electron chi connectivity index (χ3n) is 1.99. The van der Waals surface area contributed by atoms with Crippen molar-refractivity contribution in [3.05, 3.63) is 30.2 Å². The minimum Gasteiger partial charge on any atom is -0.463 e. The zero-order valence-corrected chi connectivity index (χ0v) is 8.80. The zero-order chi connectivity index (χ0) is 11.4. The molecule has 2 heterocycles. The van der Waals surface area contributed by atoms with Gasteiger partial charge in [-0.2, -0.15) is 0 Å². The van der Waals surface area contributed by atoms with Gasteiger partial charge in [0.25, 0.3) is 0 Å². The highest BCUT2D eigenvalue weighted by atomic mass is 16.5. The van der Waals surface area contributed by atoms with Crippen LogP contribution in [0.5, 0.6) is 0 Å². The van der Waals surface area contributed by atoms with E-state index in [-0.39, 0.29) is 5.97 Å². The lowest BCUT2D eigenvalue weighted by atomic mass is 10.2. The van der Waals surface area contributed by atoms with Crippen molar-refractivity contribution in [1.82, 2.24) is 15.0 Å². The fraction of sp³-hybridized carbons (Fsp3) is 0.182. The average Bonchev–Trinajstić information content (AvgIpc) is 2.74. The maximum atomic E-state index is 11.1. The molecular formula is C11H11N3O2. The van der Waals surface area contributed by atoms with Crippen molar-refractivity contribution in [1.29, 1.82) is 0 Å². The van der Waals surface area contributed by atoms with Crippen LogP contribution in [0.4, 0.5) is 0 Å². The Balaban J connectivity index is 2.17. The number of nitrogens with one attached hydrogen (secondary N) is 1. The molecule has 16 heavy (non-hydrogen) atoms. The number of pyridine rings is 1. The summed E-state index contributed by atoms with van der Waals surface area (Å²) in [5.74, 6) is -0.354. The third-order valence-corrected chi connectivity index (χ3v) is 1.99. The van der Waals surface area contributed by atoms with Crippen molar-refractivity contribution in [3.63, 3.8) is 0 Å². The van der Waals surface area contributed by atoms with Crippen LogP contribution in [0.2, 0.25) is 0 Å². The first-order valence-corrected chi connectivity index (χ1v) is 4.93. The summed E-state index contributed by atoms with van der Waals surface area (Å²) in [5.41, 5.74) is 2.32. The number of hydrogen-bond donors (Lipinski definition) is 1. The molecule has 0 unspecified atom stereocenters. The normalized spacial score (nSPS) is 11.1. The standard InChI is InChI=1S/C11H11N3O2/c1-2-16-10(15)4-3-8-5-9-11(12-6-8)14-7-13-9/h3-7H,2H2,1H3,(H,12,13,14). The Morgan fingerprint density at radius 1 is 1.56 bits per heavy atom. The van der Waals surface area contributed by atoms with Crippen molar-refractivity contribution in [2.75, 3.05) is 6.61 Å². The number of carbonyl (C=O) groups excluding carboxylic acids is 1. The third kappa shape index (κ3) is 2.25. The molecule has 5 nitrogen and oxygen atoms in total. The first-order valence-electron chi connectivity index (χ1n) is 4.93. The Hall–Kier alpha value is -2.17. The van der Waals surface area contributed by atoms with Crippen LogP contribution in [-0.4, -0.2) is 27.5 Å². The van der Waals surface area contributed by atoms with E-state index in [4.69, 9.17) is 4.74 Å². The smallest absolute Gasteiger partial charge is 0.330 e. The zero-order valence-electron chi connectivity index (χ0n) is 8.80. The number of esters is 1. The molecule has 0 fully saturated rings. The topological polar surface area (TPSA) is 67.9 Å². The molecule has 0 atom stereocenters. The molecule has 0 saturated carbocycles. The second-order valence-corrected chi connectivity index (χ2v) is 3.13. The van der Waals surface area contributed by atoms with Gasteiger partial charge in [-0.15, -0.1) is 0 Å². The number of nitrogens with zero attached hydrogens (tertiary/aromatic N) is 2. The van der Waals surface area contributed by atoms with E-state index in [0.29, 0.717) is 12.3 Å². The van der Waals surface area contributed by atoms with Crippen molar-refractivity contribution < 1.29 is 9.53 Å². The molecule has 0 aromatic carbocycles. The first kappa shape index (κ1) is 10.4. The van der Waals surface area contributed by atoms with E-state index < -0.39 is 0 Å². The summed E-state index contributed by atoms with van der Waals surface area (Å²) in [6, 6.07) is 1.87. The van der Waals surface area contributed by atoms with Crippen molar-refractivity contribution in [2.45, 2.75) is 6.92 Å². The van der Waals surface area contributed by atoms with Gasteiger partial charge in [-0.1, -0.05) is 0 Å². The Morgan fingerprint density at radius 3 is 3.25 bits per heavy atom. The van der Waals surface area contributed by atoms with Gasteiger partial charge >= 0.3 is 5.97 Å². The van der Waals surface area contributed by atoms with Crippen LogP contribution in [0.15, 0.2) is 24.7 Å². The van der Waals surface area contributed by atoms with Crippen molar-refractivity contribution >= 4 is 23.2 Å². The predicted molar refractivity (Wildman–Crippen MR) is 59.6 cm³/mol. The predicted octanol–water partition coefficient (Wildman–Crippen LogP) is 1.53. The van der Waals surface area contributed by atoms with E-state index >= 15 is 0 Å². The summed E-state index contributed by atoms with van der Waals surface area (Å²) in [5, 5.41) is 0. The molecule has 0 spiro atoms. The molecule has 0 aliphatic carbocycles. The van der Waals surface area contributed by atoms with Gasteiger partial charge in [0, 0.05) is 12.3 Å². The molecule has 0 aliphatic heterocycles. The average molecular weight is 217 g/mol. The summed E-state index contributed by atoms with van der Waals surface area (Å²) in [6.45, 7) is 2.14. The lowest BCUT2D eigenvalue weighted by Gasteiger charge is -1.95.